The molecule has 1 saturated heterocycles. The summed E-state index contributed by atoms with van der Waals surface area (Å²) in [5.41, 5.74) is -0.842. The first kappa shape index (κ1) is 15.2. The van der Waals surface area contributed by atoms with E-state index in [1.165, 1.54) is 6.07 Å². The van der Waals surface area contributed by atoms with Crippen molar-refractivity contribution in [2.45, 2.75) is 24.9 Å². The van der Waals surface area contributed by atoms with Gasteiger partial charge in [-0.2, -0.15) is 0 Å². The van der Waals surface area contributed by atoms with Gasteiger partial charge in [-0.3, -0.25) is 4.79 Å². The molecule has 116 valence electrons. The van der Waals surface area contributed by atoms with E-state index >= 15 is 0 Å². The van der Waals surface area contributed by atoms with Crippen LogP contribution in [0, 0.1) is 5.82 Å². The summed E-state index contributed by atoms with van der Waals surface area (Å²) >= 11 is 1.57. The van der Waals surface area contributed by atoms with E-state index in [9.17, 15) is 14.3 Å². The summed E-state index contributed by atoms with van der Waals surface area (Å²) in [4.78, 5) is 15.1. The minimum absolute atomic E-state index is 0.0676. The lowest BCUT2D eigenvalue weighted by Crippen LogP contribution is -2.46. The molecule has 0 radical (unpaired) electrons. The molecule has 0 saturated carbocycles. The van der Waals surface area contributed by atoms with Crippen LogP contribution in [0.25, 0.3) is 0 Å². The van der Waals surface area contributed by atoms with Gasteiger partial charge in [-0.1, -0.05) is 24.3 Å². The minimum Gasteiger partial charge on any atom is -0.385 e. The van der Waals surface area contributed by atoms with Crippen LogP contribution in [-0.2, 0) is 16.8 Å². The summed E-state index contributed by atoms with van der Waals surface area (Å²) in [6.07, 6.45) is 1.13. The van der Waals surface area contributed by atoms with Gasteiger partial charge < -0.3 is 10.0 Å². The molecule has 1 aliphatic rings. The maximum Gasteiger partial charge on any atom is 0.227 e. The largest absolute Gasteiger partial charge is 0.385 e. The predicted octanol–water partition coefficient (Wildman–Crippen LogP) is 2.94. The third kappa shape index (κ3) is 3.05. The molecule has 1 aromatic carbocycles. The maximum atomic E-state index is 13.9. The average molecular weight is 319 g/mol. The Morgan fingerprint density at radius 2 is 1.95 bits per heavy atom. The number of amides is 1. The normalized spacial score (nSPS) is 17.5. The lowest BCUT2D eigenvalue weighted by atomic mass is 9.84. The zero-order valence-corrected chi connectivity index (χ0v) is 13.0. The first-order valence-electron chi connectivity index (χ1n) is 7.36. The number of carbonyl (C=O) groups is 1. The molecule has 1 N–H and O–H groups in total. The van der Waals surface area contributed by atoms with E-state index in [4.69, 9.17) is 0 Å². The molecule has 22 heavy (non-hydrogen) atoms. The molecule has 0 bridgehead atoms. The van der Waals surface area contributed by atoms with Crippen molar-refractivity contribution in [1.29, 1.82) is 0 Å². The van der Waals surface area contributed by atoms with E-state index in [0.29, 0.717) is 37.9 Å². The highest BCUT2D eigenvalue weighted by atomic mass is 32.1. The molecule has 3 rings (SSSR count). The number of likely N-dealkylation sites (tertiary alicyclic amines) is 1. The highest BCUT2D eigenvalue weighted by Gasteiger charge is 2.37. The van der Waals surface area contributed by atoms with Crippen molar-refractivity contribution in [3.63, 3.8) is 0 Å². The fourth-order valence-corrected chi connectivity index (χ4v) is 3.60. The minimum atomic E-state index is -1.18. The van der Waals surface area contributed by atoms with Crippen LogP contribution in [0.2, 0.25) is 0 Å². The van der Waals surface area contributed by atoms with Crippen molar-refractivity contribution in [3.8, 4) is 0 Å². The molecule has 5 heteroatoms. The van der Waals surface area contributed by atoms with Crippen LogP contribution < -0.4 is 0 Å². The van der Waals surface area contributed by atoms with E-state index in [1.807, 2.05) is 17.5 Å². The van der Waals surface area contributed by atoms with Gasteiger partial charge in [0.1, 0.15) is 5.82 Å². The van der Waals surface area contributed by atoms with Crippen molar-refractivity contribution in [1.82, 2.24) is 4.90 Å². The Morgan fingerprint density at radius 3 is 2.59 bits per heavy atom. The lowest BCUT2D eigenvalue weighted by Gasteiger charge is -2.38. The second kappa shape index (κ2) is 6.18. The number of rotatable bonds is 3. The zero-order chi connectivity index (χ0) is 15.6. The van der Waals surface area contributed by atoms with Crippen molar-refractivity contribution in [3.05, 3.63) is 58.0 Å². The number of hydrogen-bond donors (Lipinski definition) is 1. The smallest absolute Gasteiger partial charge is 0.227 e. The van der Waals surface area contributed by atoms with Gasteiger partial charge in [0.2, 0.25) is 5.91 Å². The van der Waals surface area contributed by atoms with E-state index < -0.39 is 5.60 Å². The highest BCUT2D eigenvalue weighted by Crippen LogP contribution is 2.34. The summed E-state index contributed by atoms with van der Waals surface area (Å²) in [6.45, 7) is 0.907. The predicted molar refractivity (Wildman–Crippen MR) is 84.1 cm³/mol. The molecule has 1 aliphatic heterocycles. The van der Waals surface area contributed by atoms with Gasteiger partial charge in [-0.25, -0.2) is 4.39 Å². The number of halogens is 1. The first-order chi connectivity index (χ1) is 10.6. The second-order valence-electron chi connectivity index (χ2n) is 5.65. The molecule has 1 amide bonds. The molecule has 3 nitrogen and oxygen atoms in total. The van der Waals surface area contributed by atoms with Crippen LogP contribution >= 0.6 is 11.3 Å². The highest BCUT2D eigenvalue weighted by molar-refractivity contribution is 7.10. The van der Waals surface area contributed by atoms with E-state index in [0.717, 1.165) is 4.88 Å². The summed E-state index contributed by atoms with van der Waals surface area (Å²) in [7, 11) is 0. The van der Waals surface area contributed by atoms with E-state index in [2.05, 4.69) is 0 Å². The summed E-state index contributed by atoms with van der Waals surface area (Å²) in [5, 5.41) is 12.7. The third-order valence-corrected chi connectivity index (χ3v) is 5.10. The van der Waals surface area contributed by atoms with Crippen molar-refractivity contribution in [2.75, 3.05) is 13.1 Å². The Kier molecular flexibility index (Phi) is 4.27. The third-order valence-electron chi connectivity index (χ3n) is 4.22. The topological polar surface area (TPSA) is 40.5 Å². The molecular formula is C17H18FNO2S. The van der Waals surface area contributed by atoms with Gasteiger partial charge in [0, 0.05) is 23.5 Å². The Balaban J connectivity index is 1.65. The summed E-state index contributed by atoms with van der Waals surface area (Å²) in [5.74, 6) is -0.318. The first-order valence-corrected chi connectivity index (χ1v) is 8.24. The zero-order valence-electron chi connectivity index (χ0n) is 12.2. The van der Waals surface area contributed by atoms with Crippen LogP contribution in [0.3, 0.4) is 0 Å². The number of piperidine rings is 1. The summed E-state index contributed by atoms with van der Waals surface area (Å²) in [6, 6.07) is 10.2. The number of nitrogens with zero attached hydrogens (tertiary/aromatic N) is 1. The molecular weight excluding hydrogens is 301 g/mol. The molecule has 0 spiro atoms. The van der Waals surface area contributed by atoms with Gasteiger partial charge in [0.25, 0.3) is 0 Å². The van der Waals surface area contributed by atoms with Crippen LogP contribution in [0.15, 0.2) is 41.8 Å². The number of hydrogen-bond acceptors (Lipinski definition) is 3. The van der Waals surface area contributed by atoms with Gasteiger partial charge in [-0.15, -0.1) is 11.3 Å². The van der Waals surface area contributed by atoms with Gasteiger partial charge in [-0.05, 0) is 30.4 Å². The SMILES string of the molecule is O=C(Cc1cccs1)N1CCC(O)(c2ccccc2F)CC1. The molecule has 1 aromatic heterocycles. The molecule has 1 fully saturated rings. The van der Waals surface area contributed by atoms with Crippen molar-refractivity contribution < 1.29 is 14.3 Å². The van der Waals surface area contributed by atoms with E-state index in [1.54, 1.807) is 34.4 Å². The van der Waals surface area contributed by atoms with Crippen LogP contribution in [0.1, 0.15) is 23.3 Å². The van der Waals surface area contributed by atoms with Gasteiger partial charge in [0.15, 0.2) is 0 Å². The average Bonchev–Trinajstić information content (AvgIpc) is 3.01. The van der Waals surface area contributed by atoms with Gasteiger partial charge >= 0.3 is 0 Å². The second-order valence-corrected chi connectivity index (χ2v) is 6.68. The monoisotopic (exact) mass is 319 g/mol. The number of aliphatic hydroxyl groups is 1. The van der Waals surface area contributed by atoms with Crippen LogP contribution in [-0.4, -0.2) is 29.0 Å². The van der Waals surface area contributed by atoms with Gasteiger partial charge in [0.05, 0.1) is 12.0 Å². The lowest BCUT2D eigenvalue weighted by molar-refractivity contribution is -0.135. The van der Waals surface area contributed by atoms with Crippen molar-refractivity contribution >= 4 is 17.2 Å². The van der Waals surface area contributed by atoms with Crippen LogP contribution in [0.4, 0.5) is 4.39 Å². The quantitative estimate of drug-likeness (QED) is 0.945. The standard InChI is InChI=1S/C17H18FNO2S/c18-15-6-2-1-5-14(15)17(21)7-9-19(10-8-17)16(20)12-13-4-3-11-22-13/h1-6,11,21H,7-10,12H2. The molecule has 0 unspecified atom stereocenters. The number of carbonyl (C=O) groups excluding carboxylic acids is 1. The molecule has 0 aliphatic carbocycles. The Hall–Kier alpha value is -1.72. The number of thiophene rings is 1. The molecule has 2 aromatic rings. The van der Waals surface area contributed by atoms with E-state index in [-0.39, 0.29) is 11.7 Å². The summed E-state index contributed by atoms with van der Waals surface area (Å²) < 4.78 is 13.9. The molecule has 0 atom stereocenters. The Bertz CT molecular complexity index is 648. The Labute approximate surface area is 133 Å². The molecule has 2 heterocycles. The fourth-order valence-electron chi connectivity index (χ4n) is 2.91. The van der Waals surface area contributed by atoms with Crippen LogP contribution in [0.5, 0.6) is 0 Å². The Morgan fingerprint density at radius 1 is 1.23 bits per heavy atom. The van der Waals surface area contributed by atoms with Crippen molar-refractivity contribution in [2.24, 2.45) is 0 Å². The number of benzene rings is 1. The maximum absolute atomic E-state index is 13.9. The fraction of sp³-hybridized carbons (Fsp3) is 0.353.